The number of nitrogens with zero attached hydrogens (tertiary/aromatic N) is 2. The molecule has 0 amide bonds. The molecule has 29 heavy (non-hydrogen) atoms. The Morgan fingerprint density at radius 1 is 1.17 bits per heavy atom. The monoisotopic (exact) mass is 404 g/mol. The lowest BCUT2D eigenvalue weighted by Gasteiger charge is -2.13. The number of aromatic nitrogens is 1. The summed E-state index contributed by atoms with van der Waals surface area (Å²) in [6.07, 6.45) is 1.64. The Labute approximate surface area is 172 Å². The number of rotatable bonds is 11. The lowest BCUT2D eigenvalue weighted by molar-refractivity contribution is 0.196. The van der Waals surface area contributed by atoms with Crippen LogP contribution in [0.15, 0.2) is 27.7 Å². The molecule has 0 radical (unpaired) electrons. The van der Waals surface area contributed by atoms with Gasteiger partial charge in [0.1, 0.15) is 12.4 Å². The molecule has 1 aromatic heterocycles. The highest BCUT2D eigenvalue weighted by Gasteiger charge is 2.13. The number of guanidine groups is 1. The van der Waals surface area contributed by atoms with E-state index >= 15 is 0 Å². The molecule has 0 atom stereocenters. The van der Waals surface area contributed by atoms with Gasteiger partial charge in [-0.15, -0.1) is 0 Å². The molecule has 0 fully saturated rings. The summed E-state index contributed by atoms with van der Waals surface area (Å²) in [4.78, 5) is 4.67. The van der Waals surface area contributed by atoms with Crippen LogP contribution in [0, 0.1) is 0 Å². The maximum Gasteiger partial charge on any atom is 0.191 e. The molecule has 8 nitrogen and oxygen atoms in total. The van der Waals surface area contributed by atoms with E-state index in [1.165, 1.54) is 0 Å². The van der Waals surface area contributed by atoms with Crippen molar-refractivity contribution in [3.63, 3.8) is 0 Å². The molecule has 160 valence electrons. The molecule has 0 spiro atoms. The van der Waals surface area contributed by atoms with Gasteiger partial charge in [0.25, 0.3) is 0 Å². The molecule has 0 saturated heterocycles. The zero-order chi connectivity index (χ0) is 21.1. The van der Waals surface area contributed by atoms with E-state index in [0.717, 1.165) is 47.9 Å². The molecule has 3 N–H and O–H groups in total. The first-order valence-electron chi connectivity index (χ1n) is 10.1. The minimum atomic E-state index is -0.0431. The van der Waals surface area contributed by atoms with Gasteiger partial charge in [0.2, 0.25) is 0 Å². The standard InChI is InChI=1S/C21H32N4O4/c1-5-17-16(18(6-2)29-25-17)14-24-21(22-7-3)23-13-15-8-9-19(28-11-10-26)20(12-15)27-4/h8-9,12,26H,5-7,10-11,13-14H2,1-4H3,(H2,22,23,24). The summed E-state index contributed by atoms with van der Waals surface area (Å²) in [5.41, 5.74) is 3.07. The number of aliphatic hydroxyl groups excluding tert-OH is 1. The fourth-order valence-corrected chi connectivity index (χ4v) is 2.91. The number of aryl methyl sites for hydroxylation is 2. The van der Waals surface area contributed by atoms with E-state index in [4.69, 9.17) is 19.1 Å². The van der Waals surface area contributed by atoms with Gasteiger partial charge in [0.05, 0.1) is 26.0 Å². The van der Waals surface area contributed by atoms with Crippen molar-refractivity contribution in [2.24, 2.45) is 4.99 Å². The lowest BCUT2D eigenvalue weighted by Crippen LogP contribution is -2.37. The second kappa shape index (κ2) is 12.0. The summed E-state index contributed by atoms with van der Waals surface area (Å²) >= 11 is 0. The number of nitrogens with one attached hydrogen (secondary N) is 2. The Morgan fingerprint density at radius 2 is 2.00 bits per heavy atom. The van der Waals surface area contributed by atoms with E-state index in [0.29, 0.717) is 24.6 Å². The van der Waals surface area contributed by atoms with E-state index in [1.807, 2.05) is 25.1 Å². The maximum absolute atomic E-state index is 8.92. The second-order valence-corrected chi connectivity index (χ2v) is 6.34. The van der Waals surface area contributed by atoms with E-state index in [2.05, 4.69) is 34.6 Å². The third kappa shape index (κ3) is 6.39. The highest BCUT2D eigenvalue weighted by molar-refractivity contribution is 5.79. The van der Waals surface area contributed by atoms with E-state index in [1.54, 1.807) is 7.11 Å². The van der Waals surface area contributed by atoms with Crippen molar-refractivity contribution in [2.45, 2.75) is 46.7 Å². The van der Waals surface area contributed by atoms with Gasteiger partial charge in [-0.2, -0.15) is 0 Å². The molecule has 0 unspecified atom stereocenters. The smallest absolute Gasteiger partial charge is 0.191 e. The number of methoxy groups -OCH3 is 1. The zero-order valence-corrected chi connectivity index (χ0v) is 17.7. The van der Waals surface area contributed by atoms with Crippen LogP contribution in [0.4, 0.5) is 0 Å². The van der Waals surface area contributed by atoms with Crippen LogP contribution in [-0.2, 0) is 25.9 Å². The first-order valence-corrected chi connectivity index (χ1v) is 10.1. The SMILES string of the molecule is CCNC(=NCc1ccc(OCCO)c(OC)c1)NCc1c(CC)noc1CC. The van der Waals surface area contributed by atoms with Crippen molar-refractivity contribution in [1.29, 1.82) is 0 Å². The van der Waals surface area contributed by atoms with Gasteiger partial charge in [-0.05, 0) is 31.0 Å². The number of benzene rings is 1. The van der Waals surface area contributed by atoms with Gasteiger partial charge in [-0.3, -0.25) is 0 Å². The number of aliphatic hydroxyl groups is 1. The number of ether oxygens (including phenoxy) is 2. The molecule has 1 heterocycles. The van der Waals surface area contributed by atoms with Crippen LogP contribution in [0.5, 0.6) is 11.5 Å². The number of hydrogen-bond acceptors (Lipinski definition) is 6. The summed E-state index contributed by atoms with van der Waals surface area (Å²) in [6.45, 7) is 8.19. The van der Waals surface area contributed by atoms with Gasteiger partial charge >= 0.3 is 0 Å². The maximum atomic E-state index is 8.92. The number of aliphatic imine (C=N–C) groups is 1. The fraction of sp³-hybridized carbons (Fsp3) is 0.524. The predicted octanol–water partition coefficient (Wildman–Crippen LogP) is 2.43. The highest BCUT2D eigenvalue weighted by Crippen LogP contribution is 2.28. The number of hydrogen-bond donors (Lipinski definition) is 3. The summed E-state index contributed by atoms with van der Waals surface area (Å²) in [7, 11) is 1.59. The van der Waals surface area contributed by atoms with Crippen molar-refractivity contribution in [2.75, 3.05) is 26.9 Å². The minimum absolute atomic E-state index is 0.0431. The molecule has 0 saturated carbocycles. The molecule has 0 aliphatic heterocycles. The van der Waals surface area contributed by atoms with Crippen LogP contribution in [0.3, 0.4) is 0 Å². The minimum Gasteiger partial charge on any atom is -0.493 e. The molecule has 2 rings (SSSR count). The Kier molecular flexibility index (Phi) is 9.30. The van der Waals surface area contributed by atoms with Crippen LogP contribution in [0.1, 0.15) is 43.4 Å². The average molecular weight is 405 g/mol. The third-order valence-electron chi connectivity index (χ3n) is 4.38. The predicted molar refractivity (Wildman–Crippen MR) is 112 cm³/mol. The van der Waals surface area contributed by atoms with Crippen molar-refractivity contribution in [1.82, 2.24) is 15.8 Å². The third-order valence-corrected chi connectivity index (χ3v) is 4.38. The van der Waals surface area contributed by atoms with Gasteiger partial charge in [0.15, 0.2) is 17.5 Å². The molecule has 1 aromatic carbocycles. The molecular formula is C21H32N4O4. The van der Waals surface area contributed by atoms with Crippen LogP contribution >= 0.6 is 0 Å². The lowest BCUT2D eigenvalue weighted by atomic mass is 10.1. The Balaban J connectivity index is 2.08. The summed E-state index contributed by atoms with van der Waals surface area (Å²) in [6, 6.07) is 5.66. The van der Waals surface area contributed by atoms with Crippen molar-refractivity contribution < 1.29 is 19.1 Å². The zero-order valence-electron chi connectivity index (χ0n) is 17.7. The van der Waals surface area contributed by atoms with E-state index in [9.17, 15) is 0 Å². The van der Waals surface area contributed by atoms with Crippen molar-refractivity contribution >= 4 is 5.96 Å². The molecule has 0 aliphatic carbocycles. The second-order valence-electron chi connectivity index (χ2n) is 6.34. The Hall–Kier alpha value is -2.74. The summed E-state index contributed by atoms with van der Waals surface area (Å²) in [5, 5.41) is 19.7. The molecule has 8 heteroatoms. The summed E-state index contributed by atoms with van der Waals surface area (Å²) in [5.74, 6) is 2.85. The van der Waals surface area contributed by atoms with Crippen LogP contribution < -0.4 is 20.1 Å². The quantitative estimate of drug-likeness (QED) is 0.391. The van der Waals surface area contributed by atoms with Crippen molar-refractivity contribution in [3.8, 4) is 11.5 Å². The van der Waals surface area contributed by atoms with Crippen LogP contribution in [0.25, 0.3) is 0 Å². The Morgan fingerprint density at radius 3 is 2.66 bits per heavy atom. The Bertz CT molecular complexity index is 767. The highest BCUT2D eigenvalue weighted by atomic mass is 16.5. The average Bonchev–Trinajstić information content (AvgIpc) is 3.16. The van der Waals surface area contributed by atoms with Gasteiger partial charge in [0, 0.05) is 25.1 Å². The molecular weight excluding hydrogens is 372 g/mol. The summed E-state index contributed by atoms with van der Waals surface area (Å²) < 4.78 is 16.3. The van der Waals surface area contributed by atoms with Gasteiger partial charge in [-0.25, -0.2) is 4.99 Å². The van der Waals surface area contributed by atoms with Crippen LogP contribution in [0.2, 0.25) is 0 Å². The normalized spacial score (nSPS) is 11.4. The fourth-order valence-electron chi connectivity index (χ4n) is 2.91. The largest absolute Gasteiger partial charge is 0.493 e. The van der Waals surface area contributed by atoms with Crippen molar-refractivity contribution in [3.05, 3.63) is 40.8 Å². The van der Waals surface area contributed by atoms with Crippen LogP contribution in [-0.4, -0.2) is 43.1 Å². The molecule has 0 bridgehead atoms. The van der Waals surface area contributed by atoms with E-state index < -0.39 is 0 Å². The van der Waals surface area contributed by atoms with E-state index in [-0.39, 0.29) is 13.2 Å². The molecule has 0 aliphatic rings. The van der Waals surface area contributed by atoms with Gasteiger partial charge in [-0.1, -0.05) is 25.1 Å². The first-order chi connectivity index (χ1) is 14.2. The first kappa shape index (κ1) is 22.5. The van der Waals surface area contributed by atoms with Gasteiger partial charge < -0.3 is 29.7 Å². The molecule has 2 aromatic rings. The topological polar surface area (TPSA) is 101 Å².